The molecule has 1 aliphatic rings. The zero-order valence-electron chi connectivity index (χ0n) is 6.02. The highest BCUT2D eigenvalue weighted by molar-refractivity contribution is 6.69. The molecule has 1 aliphatic heterocycles. The molecule has 0 spiro atoms. The predicted octanol–water partition coefficient (Wildman–Crippen LogP) is 0.228. The average Bonchev–Trinajstić information content (AvgIpc) is 1.82. The molecule has 1 atom stereocenters. The molecule has 0 saturated heterocycles. The van der Waals surface area contributed by atoms with Crippen molar-refractivity contribution in [3.8, 4) is 0 Å². The molecule has 0 N–H and O–H groups in total. The Morgan fingerprint density at radius 2 is 2.17 bits per heavy atom. The fraction of sp³-hybridized carbons (Fsp3) is 0.400. The molecule has 0 aromatic carbocycles. The molecular weight excluding hydrogens is 186 g/mol. The van der Waals surface area contributed by atoms with Crippen LogP contribution in [-0.2, 0) is 4.79 Å². The number of hydrogen-bond acceptors (Lipinski definition) is 4. The van der Waals surface area contributed by atoms with Gasteiger partial charge in [-0.25, -0.2) is 4.99 Å². The van der Waals surface area contributed by atoms with Gasteiger partial charge in [0.25, 0.3) is 0 Å². The summed E-state index contributed by atoms with van der Waals surface area (Å²) in [4.78, 5) is 27.1. The Balaban J connectivity index is 3.03. The first-order valence-electron chi connectivity index (χ1n) is 2.99. The lowest BCUT2D eigenvalue weighted by molar-refractivity contribution is -0.488. The quantitative estimate of drug-likeness (QED) is 0.437. The second-order valence-corrected chi connectivity index (χ2v) is 2.51. The summed E-state index contributed by atoms with van der Waals surface area (Å²) in [7, 11) is 0. The highest BCUT2D eigenvalue weighted by Gasteiger charge is 2.37. The van der Waals surface area contributed by atoms with E-state index in [1.807, 2.05) is 0 Å². The number of rotatable bonds is 1. The van der Waals surface area contributed by atoms with Gasteiger partial charge in [0.15, 0.2) is 5.17 Å². The Morgan fingerprint density at radius 3 is 2.58 bits per heavy atom. The molecule has 1 heterocycles. The van der Waals surface area contributed by atoms with Crippen molar-refractivity contribution >= 4 is 28.5 Å². The lowest BCUT2D eigenvalue weighted by Gasteiger charge is -2.07. The van der Waals surface area contributed by atoms with Crippen LogP contribution in [-0.4, -0.2) is 27.9 Å². The number of hydrogen-bond donors (Lipinski definition) is 0. The van der Waals surface area contributed by atoms with Crippen LogP contribution < -0.4 is 0 Å². The standard InChI is InChI=1S/C5H4ClN3O3/c1-2-7-4(6)3(9(11)12)5(10)8-2/h3H,1H3. The fourth-order valence-corrected chi connectivity index (χ4v) is 1.04. The molecule has 1 amide bonds. The molecule has 0 radical (unpaired) electrons. The topological polar surface area (TPSA) is 84.9 Å². The molecular formula is C5H4ClN3O3. The van der Waals surface area contributed by atoms with Gasteiger partial charge >= 0.3 is 11.9 Å². The first kappa shape index (κ1) is 8.79. The van der Waals surface area contributed by atoms with Crippen molar-refractivity contribution in [3.05, 3.63) is 10.1 Å². The number of carbonyl (C=O) groups is 1. The predicted molar refractivity (Wildman–Crippen MR) is 42.2 cm³/mol. The van der Waals surface area contributed by atoms with Crippen molar-refractivity contribution in [2.75, 3.05) is 0 Å². The van der Waals surface area contributed by atoms with Gasteiger partial charge in [-0.1, -0.05) is 11.6 Å². The van der Waals surface area contributed by atoms with Crippen LogP contribution in [0, 0.1) is 10.1 Å². The zero-order chi connectivity index (χ0) is 9.30. The van der Waals surface area contributed by atoms with Crippen LogP contribution in [0.4, 0.5) is 0 Å². The number of nitrogens with zero attached hydrogens (tertiary/aromatic N) is 3. The van der Waals surface area contributed by atoms with Gasteiger partial charge in [-0.15, -0.1) is 0 Å². The molecule has 0 aliphatic carbocycles. The average molecular weight is 190 g/mol. The lowest BCUT2D eigenvalue weighted by Crippen LogP contribution is -2.37. The molecule has 1 rings (SSSR count). The third-order valence-corrected chi connectivity index (χ3v) is 1.50. The van der Waals surface area contributed by atoms with E-state index in [2.05, 4.69) is 9.98 Å². The molecule has 1 unspecified atom stereocenters. The first-order chi connectivity index (χ1) is 5.52. The van der Waals surface area contributed by atoms with E-state index in [1.165, 1.54) is 6.92 Å². The number of amides is 1. The van der Waals surface area contributed by atoms with E-state index >= 15 is 0 Å². The summed E-state index contributed by atoms with van der Waals surface area (Å²) >= 11 is 5.37. The smallest absolute Gasteiger partial charge is 0.264 e. The van der Waals surface area contributed by atoms with Crippen LogP contribution >= 0.6 is 11.6 Å². The normalized spacial score (nSPS) is 23.2. The second kappa shape index (κ2) is 2.98. The molecule has 0 aromatic heterocycles. The van der Waals surface area contributed by atoms with E-state index in [9.17, 15) is 14.9 Å². The molecule has 6 nitrogen and oxygen atoms in total. The minimum Gasteiger partial charge on any atom is -0.264 e. The minimum absolute atomic E-state index is 0.142. The van der Waals surface area contributed by atoms with E-state index in [-0.39, 0.29) is 11.0 Å². The van der Waals surface area contributed by atoms with Gasteiger partial charge in [0.05, 0.1) is 0 Å². The molecule has 0 saturated carbocycles. The number of amidine groups is 1. The Kier molecular flexibility index (Phi) is 2.18. The summed E-state index contributed by atoms with van der Waals surface area (Å²) in [5.74, 6) is -0.736. The third-order valence-electron chi connectivity index (χ3n) is 1.21. The monoisotopic (exact) mass is 189 g/mol. The van der Waals surface area contributed by atoms with E-state index in [4.69, 9.17) is 11.6 Å². The van der Waals surface area contributed by atoms with E-state index < -0.39 is 16.9 Å². The Labute approximate surface area is 72.1 Å². The van der Waals surface area contributed by atoms with Crippen LogP contribution in [0.15, 0.2) is 9.98 Å². The highest BCUT2D eigenvalue weighted by Crippen LogP contribution is 2.08. The summed E-state index contributed by atoms with van der Waals surface area (Å²) in [6.45, 7) is 1.44. The molecule has 12 heavy (non-hydrogen) atoms. The largest absolute Gasteiger partial charge is 0.344 e. The maximum atomic E-state index is 10.9. The summed E-state index contributed by atoms with van der Waals surface area (Å²) in [6.07, 6.45) is 0. The fourth-order valence-electron chi connectivity index (χ4n) is 0.740. The number of aliphatic imine (C=N–C) groups is 2. The van der Waals surface area contributed by atoms with Crippen molar-refractivity contribution < 1.29 is 9.72 Å². The maximum absolute atomic E-state index is 10.9. The van der Waals surface area contributed by atoms with E-state index in [0.717, 1.165) is 0 Å². The van der Waals surface area contributed by atoms with Crippen LogP contribution in [0.25, 0.3) is 0 Å². The molecule has 0 aromatic rings. The molecule has 64 valence electrons. The second-order valence-electron chi connectivity index (χ2n) is 2.12. The van der Waals surface area contributed by atoms with Gasteiger partial charge in [0.1, 0.15) is 5.84 Å². The maximum Gasteiger partial charge on any atom is 0.344 e. The molecule has 7 heteroatoms. The van der Waals surface area contributed by atoms with Crippen LogP contribution in [0.5, 0.6) is 0 Å². The van der Waals surface area contributed by atoms with Crippen molar-refractivity contribution in [2.45, 2.75) is 13.0 Å². The van der Waals surface area contributed by atoms with Crippen molar-refractivity contribution in [1.29, 1.82) is 0 Å². The van der Waals surface area contributed by atoms with Crippen molar-refractivity contribution in [1.82, 2.24) is 0 Å². The highest BCUT2D eigenvalue weighted by atomic mass is 35.5. The van der Waals surface area contributed by atoms with Crippen molar-refractivity contribution in [3.63, 3.8) is 0 Å². The van der Waals surface area contributed by atoms with Crippen LogP contribution in [0.2, 0.25) is 0 Å². The van der Waals surface area contributed by atoms with Crippen LogP contribution in [0.1, 0.15) is 6.92 Å². The van der Waals surface area contributed by atoms with E-state index in [1.54, 1.807) is 0 Å². The van der Waals surface area contributed by atoms with Gasteiger partial charge in [0.2, 0.25) is 0 Å². The SMILES string of the molecule is CC1=NC(=O)C([N+](=O)[O-])C(Cl)=N1. The van der Waals surface area contributed by atoms with Gasteiger partial charge in [-0.05, 0) is 6.92 Å². The summed E-state index contributed by atoms with van der Waals surface area (Å²) in [5.41, 5.74) is 0. The van der Waals surface area contributed by atoms with Crippen LogP contribution in [0.3, 0.4) is 0 Å². The molecule has 0 bridgehead atoms. The Hall–Kier alpha value is -1.30. The Morgan fingerprint density at radius 1 is 1.58 bits per heavy atom. The van der Waals surface area contributed by atoms with Crippen molar-refractivity contribution in [2.24, 2.45) is 9.98 Å². The number of carbonyl (C=O) groups excluding carboxylic acids is 1. The lowest BCUT2D eigenvalue weighted by atomic mass is 10.3. The number of nitro groups is 1. The van der Waals surface area contributed by atoms with Gasteiger partial charge in [-0.3, -0.25) is 14.9 Å². The first-order valence-corrected chi connectivity index (χ1v) is 3.37. The summed E-state index contributed by atoms with van der Waals surface area (Å²) < 4.78 is 0. The van der Waals surface area contributed by atoms with Gasteiger partial charge < -0.3 is 0 Å². The summed E-state index contributed by atoms with van der Waals surface area (Å²) in [6, 6.07) is -1.62. The minimum atomic E-state index is -1.62. The van der Waals surface area contributed by atoms with Gasteiger partial charge in [-0.2, -0.15) is 4.99 Å². The van der Waals surface area contributed by atoms with E-state index in [0.29, 0.717) is 0 Å². The zero-order valence-corrected chi connectivity index (χ0v) is 6.78. The van der Waals surface area contributed by atoms with Gasteiger partial charge in [0, 0.05) is 4.92 Å². The Bertz CT molecular complexity index is 309. The third kappa shape index (κ3) is 1.48. The summed E-state index contributed by atoms with van der Waals surface area (Å²) in [5, 5.41) is 9.90. The number of halogens is 1. The molecule has 0 fully saturated rings.